The average molecular weight is 1220 g/mol. The Morgan fingerprint density at radius 1 is 0.484 bits per heavy atom. The van der Waals surface area contributed by atoms with Crippen LogP contribution >= 0.6 is 0 Å². The SMILES string of the molecule is [2H]c1c([2H])c([2H])c2c(c1[2H])c1ccc(Oc3cc(-c4c(C(C)(C)C)cc(C(C)(C)C)cc4C(C)(C)C)cc(N4CN(c5c(/C6=C/C=C\N/C=C\C=C/[B]6)cccc5/C5=C/C=C\N/C=C\C=C/[B]5)c5ccccc54)c3)cc1n2-c1cc(C(C)(c2ccccc2)c2ccccc2)ccn1. The summed E-state index contributed by atoms with van der Waals surface area (Å²) in [5.41, 5.74) is 16.8. The van der Waals surface area contributed by atoms with Gasteiger partial charge in [0.1, 0.15) is 24.0 Å². The molecule has 5 heterocycles. The van der Waals surface area contributed by atoms with Crippen molar-refractivity contribution in [2.24, 2.45) is 0 Å². The second kappa shape index (κ2) is 25.4. The quantitative estimate of drug-likeness (QED) is 0.126. The second-order valence-electron chi connectivity index (χ2n) is 27.3. The molecule has 2 radical (unpaired) electrons. The molecule has 0 atom stereocenters. The normalized spacial score (nSPS) is 18.3. The van der Waals surface area contributed by atoms with Gasteiger partial charge in [0.15, 0.2) is 14.6 Å². The Bertz CT molecular complexity index is 4820. The average Bonchev–Trinajstić information content (AvgIpc) is 1.57. The highest BCUT2D eigenvalue weighted by atomic mass is 16.5. The van der Waals surface area contributed by atoms with Crippen molar-refractivity contribution in [3.63, 3.8) is 0 Å². The van der Waals surface area contributed by atoms with Gasteiger partial charge in [-0.25, -0.2) is 4.98 Å². The number of ether oxygens (including phenoxy) is 1. The first kappa shape index (κ1) is 56.7. The molecule has 7 nitrogen and oxygen atoms in total. The van der Waals surface area contributed by atoms with Gasteiger partial charge in [-0.15, -0.1) is 12.0 Å². The van der Waals surface area contributed by atoms with Gasteiger partial charge >= 0.3 is 0 Å². The third-order valence-electron chi connectivity index (χ3n) is 18.0. The number of nitrogens with one attached hydrogen (secondary N) is 2. The summed E-state index contributed by atoms with van der Waals surface area (Å²) in [6.45, 7) is 23.4. The molecule has 0 aliphatic carbocycles. The predicted octanol–water partition coefficient (Wildman–Crippen LogP) is 20.5. The second-order valence-corrected chi connectivity index (χ2v) is 27.3. The van der Waals surface area contributed by atoms with E-state index < -0.39 is 5.41 Å². The number of rotatable bonds is 11. The first-order valence-corrected chi connectivity index (χ1v) is 32.1. The number of allylic oxidation sites excluding steroid dienone is 8. The fraction of sp³-hybridized carbons (Fsp3) is 0.179. The first-order chi connectivity index (χ1) is 46.6. The van der Waals surface area contributed by atoms with Crippen molar-refractivity contribution in [1.82, 2.24) is 20.2 Å². The van der Waals surface area contributed by atoms with Crippen LogP contribution in [0.25, 0.3) is 49.7 Å². The van der Waals surface area contributed by atoms with E-state index in [1.54, 1.807) is 6.20 Å². The van der Waals surface area contributed by atoms with E-state index in [4.69, 9.17) is 12.5 Å². The molecule has 0 spiro atoms. The molecule has 3 aliphatic rings. The maximum atomic E-state index is 9.61. The van der Waals surface area contributed by atoms with Gasteiger partial charge in [0.05, 0.1) is 33.6 Å². The van der Waals surface area contributed by atoms with Gasteiger partial charge in [0.2, 0.25) is 0 Å². The summed E-state index contributed by atoms with van der Waals surface area (Å²) in [7, 11) is 4.35. The van der Waals surface area contributed by atoms with Gasteiger partial charge in [0, 0.05) is 65.0 Å². The zero-order valence-corrected chi connectivity index (χ0v) is 54.8. The number of aromatic nitrogens is 2. The van der Waals surface area contributed by atoms with E-state index in [-0.39, 0.29) is 40.4 Å². The van der Waals surface area contributed by atoms with E-state index in [0.29, 0.717) is 45.8 Å². The molecule has 8 aromatic carbocycles. The Labute approximate surface area is 557 Å². The summed E-state index contributed by atoms with van der Waals surface area (Å²) in [4.78, 5) is 9.93. The molecule has 3 aliphatic heterocycles. The molecule has 13 rings (SSSR count). The molecule has 0 unspecified atom stereocenters. The van der Waals surface area contributed by atoms with Crippen LogP contribution in [0.1, 0.15) is 119 Å². The number of benzene rings is 8. The molecule has 2 aromatic heterocycles. The summed E-state index contributed by atoms with van der Waals surface area (Å²) < 4.78 is 46.5. The van der Waals surface area contributed by atoms with Crippen molar-refractivity contribution in [3.05, 3.63) is 324 Å². The third kappa shape index (κ3) is 12.4. The van der Waals surface area contributed by atoms with Gasteiger partial charge in [-0.1, -0.05) is 219 Å². The standard InChI is InChI=1S/C84H80B2N6O/c1-81(2,3)62-52-70(82(4,5)6)79(71(53-62)83(7,8)9)58-50-63(90-57-91(76-39-20-19-38-75(76)90)80-68(72-35-26-47-87-45-23-21-43-85-72)33-25-34-69(80)73-36-27-48-88-46-24-22-44-86-73)55-65(51-58)93-64-40-41-67-66-32-17-18-37-74(66)92(77(67)56-64)78-54-61(42-49-89-78)84(10,59-28-13-11-14-29-59)60-30-15-12-16-31-60/h11-56,87-88H,57H2,1-10H3/b43-21-,44-22-,45-23-,46-24-,47-26-,48-27-,72-35-,73-36-/i17D,18D,32D,37D. The van der Waals surface area contributed by atoms with E-state index in [2.05, 4.69) is 256 Å². The number of anilines is 4. The van der Waals surface area contributed by atoms with Gasteiger partial charge < -0.3 is 25.2 Å². The number of hydrogen-bond donors (Lipinski definition) is 2. The fourth-order valence-corrected chi connectivity index (χ4v) is 13.1. The molecule has 0 bridgehead atoms. The van der Waals surface area contributed by atoms with E-state index in [9.17, 15) is 2.74 Å². The summed E-state index contributed by atoms with van der Waals surface area (Å²) in [5, 5.41) is 7.57. The van der Waals surface area contributed by atoms with Crippen LogP contribution in [-0.2, 0) is 21.7 Å². The molecular weight excluding hydrogens is 1130 g/mol. The summed E-state index contributed by atoms with van der Waals surface area (Å²) in [6.07, 6.45) is 26.0. The van der Waals surface area contributed by atoms with Gasteiger partial charge in [-0.3, -0.25) is 4.57 Å². The Morgan fingerprint density at radius 3 is 1.67 bits per heavy atom. The van der Waals surface area contributed by atoms with Crippen LogP contribution in [-0.4, -0.2) is 30.8 Å². The molecule has 458 valence electrons. The lowest BCUT2D eigenvalue weighted by Gasteiger charge is -2.34. The lowest BCUT2D eigenvalue weighted by atomic mass is 9.63. The maximum Gasteiger partial charge on any atom is 0.182 e. The molecular formula is C84H80B2N6O. The molecule has 0 fully saturated rings. The molecule has 9 heteroatoms. The predicted molar refractivity (Wildman–Crippen MR) is 396 cm³/mol. The largest absolute Gasteiger partial charge is 0.457 e. The lowest BCUT2D eigenvalue weighted by Crippen LogP contribution is -2.26. The highest BCUT2D eigenvalue weighted by Gasteiger charge is 2.36. The van der Waals surface area contributed by atoms with Crippen molar-refractivity contribution in [1.29, 1.82) is 0 Å². The van der Waals surface area contributed by atoms with Crippen molar-refractivity contribution in [3.8, 4) is 28.4 Å². The highest BCUT2D eigenvalue weighted by Crippen LogP contribution is 2.52. The molecule has 10 aromatic rings. The first-order valence-electron chi connectivity index (χ1n) is 34.1. The van der Waals surface area contributed by atoms with Crippen molar-refractivity contribution in [2.75, 3.05) is 16.5 Å². The fourth-order valence-electron chi connectivity index (χ4n) is 13.1. The molecule has 0 amide bonds. The zero-order valence-electron chi connectivity index (χ0n) is 58.8. The van der Waals surface area contributed by atoms with Crippen LogP contribution in [0, 0.1) is 0 Å². The van der Waals surface area contributed by atoms with E-state index in [0.717, 1.165) is 72.6 Å². The zero-order chi connectivity index (χ0) is 68.0. The van der Waals surface area contributed by atoms with Crippen molar-refractivity contribution in [2.45, 2.75) is 90.9 Å². The van der Waals surface area contributed by atoms with Crippen LogP contribution in [0.2, 0.25) is 0 Å². The minimum absolute atomic E-state index is 0.126. The van der Waals surface area contributed by atoms with E-state index in [1.807, 2.05) is 102 Å². The van der Waals surface area contributed by atoms with Crippen LogP contribution in [0.3, 0.4) is 0 Å². The van der Waals surface area contributed by atoms with Crippen LogP contribution in [0.15, 0.2) is 280 Å². The number of pyridine rings is 1. The van der Waals surface area contributed by atoms with Gasteiger partial charge in [0.25, 0.3) is 0 Å². The lowest BCUT2D eigenvalue weighted by molar-refractivity contribution is 0.483. The summed E-state index contributed by atoms with van der Waals surface area (Å²) in [6, 6.07) is 56.7. The van der Waals surface area contributed by atoms with E-state index >= 15 is 0 Å². The Hall–Kier alpha value is -10.2. The van der Waals surface area contributed by atoms with E-state index in [1.165, 1.54) is 16.7 Å². The van der Waals surface area contributed by atoms with Crippen LogP contribution in [0.5, 0.6) is 11.5 Å². The van der Waals surface area contributed by atoms with Crippen LogP contribution in [0.4, 0.5) is 22.7 Å². The molecule has 0 saturated heterocycles. The smallest absolute Gasteiger partial charge is 0.182 e. The monoisotopic (exact) mass is 1210 g/mol. The minimum atomic E-state index is -0.635. The number of para-hydroxylation sites is 4. The molecule has 2 N–H and O–H groups in total. The minimum Gasteiger partial charge on any atom is -0.457 e. The molecule has 93 heavy (non-hydrogen) atoms. The Morgan fingerprint density at radius 2 is 1.06 bits per heavy atom. The number of nitrogens with zero attached hydrogens (tertiary/aromatic N) is 4. The number of fused-ring (bicyclic) bond motifs is 4. The maximum absolute atomic E-state index is 9.61. The summed E-state index contributed by atoms with van der Waals surface area (Å²) in [5.74, 6) is 5.78. The number of hydrogen-bond acceptors (Lipinski definition) is 6. The van der Waals surface area contributed by atoms with Crippen LogP contribution < -0.4 is 25.2 Å². The Balaban J connectivity index is 1.03. The van der Waals surface area contributed by atoms with Crippen molar-refractivity contribution >= 4 is 70.1 Å². The van der Waals surface area contributed by atoms with Crippen molar-refractivity contribution < 1.29 is 10.2 Å². The van der Waals surface area contributed by atoms with Gasteiger partial charge in [-0.2, -0.15) is 0 Å². The highest BCUT2D eigenvalue weighted by molar-refractivity contribution is 6.67. The molecule has 0 saturated carbocycles. The topological polar surface area (TPSA) is 57.6 Å². The Kier molecular flexibility index (Phi) is 15.5. The summed E-state index contributed by atoms with van der Waals surface area (Å²) >= 11 is 0. The third-order valence-corrected chi connectivity index (χ3v) is 18.0. The van der Waals surface area contributed by atoms with Gasteiger partial charge in [-0.05, 0) is 158 Å².